The van der Waals surface area contributed by atoms with Gasteiger partial charge in [0.05, 0.1) is 0 Å². The molecule has 0 aromatic heterocycles. The zero-order valence-electron chi connectivity index (χ0n) is 18.8. The van der Waals surface area contributed by atoms with Crippen molar-refractivity contribution in [2.24, 2.45) is 0 Å². The average Bonchev–Trinajstić information content (AvgIpc) is 2.79. The molecule has 0 unspecified atom stereocenters. The molecule has 1 aliphatic rings. The van der Waals surface area contributed by atoms with E-state index >= 15 is 0 Å². The largest absolute Gasteiger partial charge is 0.350 e. The van der Waals surface area contributed by atoms with Crippen LogP contribution in [0.5, 0.6) is 0 Å². The van der Waals surface area contributed by atoms with Crippen molar-refractivity contribution in [2.45, 2.75) is 51.7 Å². The number of anilines is 1. The third-order valence-corrected chi connectivity index (χ3v) is 5.97. The van der Waals surface area contributed by atoms with E-state index in [1.165, 1.54) is 0 Å². The highest BCUT2D eigenvalue weighted by Crippen LogP contribution is 2.20. The number of nitrogens with one attached hydrogen (secondary N) is 2. The van der Waals surface area contributed by atoms with Gasteiger partial charge in [0.2, 0.25) is 0 Å². The molecule has 2 N–H and O–H groups in total. The van der Waals surface area contributed by atoms with E-state index in [0.29, 0.717) is 17.8 Å². The Kier molecular flexibility index (Phi) is 8.06. The van der Waals surface area contributed by atoms with Crippen molar-refractivity contribution >= 4 is 17.6 Å². The molecule has 1 aliphatic heterocycles. The quantitative estimate of drug-likeness (QED) is 0.697. The van der Waals surface area contributed by atoms with Gasteiger partial charge in [-0.2, -0.15) is 0 Å². The molecule has 0 bridgehead atoms. The van der Waals surface area contributed by atoms with Gasteiger partial charge in [0.25, 0.3) is 5.91 Å². The number of benzene rings is 2. The molecule has 2 aromatic rings. The van der Waals surface area contributed by atoms with E-state index < -0.39 is 0 Å². The molecule has 0 saturated carbocycles. The number of carbonyl (C=O) groups excluding carboxylic acids is 2. The van der Waals surface area contributed by atoms with Gasteiger partial charge in [-0.05, 0) is 76.2 Å². The van der Waals surface area contributed by atoms with E-state index in [4.69, 9.17) is 0 Å². The molecule has 6 heteroatoms. The predicted octanol–water partition coefficient (Wildman–Crippen LogP) is 4.34. The van der Waals surface area contributed by atoms with Gasteiger partial charge in [0, 0.05) is 29.9 Å². The van der Waals surface area contributed by atoms with Gasteiger partial charge < -0.3 is 20.4 Å². The second-order valence-corrected chi connectivity index (χ2v) is 8.44. The Balaban J connectivity index is 1.68. The molecule has 3 rings (SSSR count). The number of nitrogens with zero attached hydrogens (tertiary/aromatic N) is 2. The molecule has 6 nitrogen and oxygen atoms in total. The molecule has 1 atom stereocenters. The summed E-state index contributed by atoms with van der Waals surface area (Å²) in [6.45, 7) is 6.58. The standard InChI is InChI=1S/C25H34N4O2/c1-4-19(2)26-24(30)21-10-12-22(13-11-21)27-25(31)29(18-20-8-6-5-7-9-20)23-14-16-28(3)17-15-23/h5-13,19,23H,4,14-18H2,1-3H3,(H,26,30)(H,27,31)/t19-/m0/s1. The molecule has 1 heterocycles. The van der Waals surface area contributed by atoms with Crippen molar-refractivity contribution in [3.05, 3.63) is 65.7 Å². The smallest absolute Gasteiger partial charge is 0.322 e. The van der Waals surface area contributed by atoms with Crippen LogP contribution in [0.25, 0.3) is 0 Å². The van der Waals surface area contributed by atoms with Crippen LogP contribution in [0.3, 0.4) is 0 Å². The summed E-state index contributed by atoms with van der Waals surface area (Å²) in [7, 11) is 2.12. The lowest BCUT2D eigenvalue weighted by atomic mass is 10.0. The molecule has 0 spiro atoms. The summed E-state index contributed by atoms with van der Waals surface area (Å²) < 4.78 is 0. The van der Waals surface area contributed by atoms with Crippen molar-refractivity contribution in [3.63, 3.8) is 0 Å². The Labute approximate surface area is 185 Å². The Morgan fingerprint density at radius 2 is 1.71 bits per heavy atom. The lowest BCUT2D eigenvalue weighted by Crippen LogP contribution is -2.47. The fourth-order valence-electron chi connectivity index (χ4n) is 3.76. The van der Waals surface area contributed by atoms with Gasteiger partial charge in [-0.25, -0.2) is 4.79 Å². The molecule has 2 aromatic carbocycles. The number of hydrogen-bond acceptors (Lipinski definition) is 3. The van der Waals surface area contributed by atoms with E-state index in [9.17, 15) is 9.59 Å². The normalized spacial score (nSPS) is 15.8. The second kappa shape index (κ2) is 11.0. The van der Waals surface area contributed by atoms with Crippen LogP contribution in [-0.2, 0) is 6.54 Å². The maximum Gasteiger partial charge on any atom is 0.322 e. The minimum Gasteiger partial charge on any atom is -0.350 e. The van der Waals surface area contributed by atoms with Crippen LogP contribution in [0.1, 0.15) is 49.0 Å². The van der Waals surface area contributed by atoms with E-state index in [1.807, 2.05) is 36.9 Å². The van der Waals surface area contributed by atoms with Crippen LogP contribution in [0.15, 0.2) is 54.6 Å². The zero-order valence-corrected chi connectivity index (χ0v) is 18.8. The summed E-state index contributed by atoms with van der Waals surface area (Å²) in [5, 5.41) is 5.99. The molecule has 0 radical (unpaired) electrons. The number of carbonyl (C=O) groups is 2. The summed E-state index contributed by atoms with van der Waals surface area (Å²) in [5.41, 5.74) is 2.40. The van der Waals surface area contributed by atoms with Gasteiger partial charge in [-0.1, -0.05) is 37.3 Å². The number of rotatable bonds is 7. The first-order chi connectivity index (χ1) is 15.0. The third kappa shape index (κ3) is 6.56. The number of piperidine rings is 1. The molecule has 3 amide bonds. The summed E-state index contributed by atoms with van der Waals surface area (Å²) in [6.07, 6.45) is 2.81. The highest BCUT2D eigenvalue weighted by Gasteiger charge is 2.27. The van der Waals surface area contributed by atoms with Crippen LogP contribution in [0.2, 0.25) is 0 Å². The zero-order chi connectivity index (χ0) is 22.2. The summed E-state index contributed by atoms with van der Waals surface area (Å²) in [4.78, 5) is 29.8. The second-order valence-electron chi connectivity index (χ2n) is 8.44. The van der Waals surface area contributed by atoms with Gasteiger partial charge in [0.15, 0.2) is 0 Å². The molecule has 31 heavy (non-hydrogen) atoms. The summed E-state index contributed by atoms with van der Waals surface area (Å²) >= 11 is 0. The maximum absolute atomic E-state index is 13.2. The van der Waals surface area contributed by atoms with Crippen molar-refractivity contribution in [3.8, 4) is 0 Å². The van der Waals surface area contributed by atoms with Crippen LogP contribution in [0.4, 0.5) is 10.5 Å². The minimum absolute atomic E-state index is 0.0933. The van der Waals surface area contributed by atoms with Gasteiger partial charge in [0.1, 0.15) is 0 Å². The SMILES string of the molecule is CC[C@H](C)NC(=O)c1ccc(NC(=O)N(Cc2ccccc2)C2CCN(C)CC2)cc1. The number of urea groups is 1. The van der Waals surface area contributed by atoms with Gasteiger partial charge >= 0.3 is 6.03 Å². The van der Waals surface area contributed by atoms with Crippen molar-refractivity contribution in [2.75, 3.05) is 25.5 Å². The first-order valence-corrected chi connectivity index (χ1v) is 11.2. The lowest BCUT2D eigenvalue weighted by Gasteiger charge is -2.37. The predicted molar refractivity (Wildman–Crippen MR) is 125 cm³/mol. The van der Waals surface area contributed by atoms with Crippen LogP contribution in [-0.4, -0.2) is 54.0 Å². The van der Waals surface area contributed by atoms with E-state index in [0.717, 1.165) is 37.9 Å². The first-order valence-electron chi connectivity index (χ1n) is 11.2. The van der Waals surface area contributed by atoms with Crippen LogP contribution < -0.4 is 10.6 Å². The Hall–Kier alpha value is -2.86. The van der Waals surface area contributed by atoms with Crippen molar-refractivity contribution in [1.82, 2.24) is 15.1 Å². The number of amides is 3. The minimum atomic E-state index is -0.102. The topological polar surface area (TPSA) is 64.7 Å². The number of hydrogen-bond donors (Lipinski definition) is 2. The van der Waals surface area contributed by atoms with E-state index in [-0.39, 0.29) is 24.0 Å². The molecular weight excluding hydrogens is 388 g/mol. The van der Waals surface area contributed by atoms with Crippen molar-refractivity contribution < 1.29 is 9.59 Å². The highest BCUT2D eigenvalue weighted by atomic mass is 16.2. The Morgan fingerprint density at radius 1 is 1.06 bits per heavy atom. The number of likely N-dealkylation sites (tertiary alicyclic amines) is 1. The van der Waals surface area contributed by atoms with Crippen LogP contribution in [0, 0.1) is 0 Å². The third-order valence-electron chi connectivity index (χ3n) is 5.97. The monoisotopic (exact) mass is 422 g/mol. The summed E-state index contributed by atoms with van der Waals surface area (Å²) in [6, 6.07) is 17.4. The highest BCUT2D eigenvalue weighted by molar-refractivity contribution is 5.95. The van der Waals surface area contributed by atoms with Crippen LogP contribution >= 0.6 is 0 Å². The Bertz CT molecular complexity index is 846. The molecule has 1 saturated heterocycles. The van der Waals surface area contributed by atoms with E-state index in [2.05, 4.69) is 34.7 Å². The average molecular weight is 423 g/mol. The molecule has 1 fully saturated rings. The fraction of sp³-hybridized carbons (Fsp3) is 0.440. The summed E-state index contributed by atoms with van der Waals surface area (Å²) in [5.74, 6) is -0.0933. The Morgan fingerprint density at radius 3 is 2.32 bits per heavy atom. The van der Waals surface area contributed by atoms with Crippen molar-refractivity contribution in [1.29, 1.82) is 0 Å². The first kappa shape index (κ1) is 22.8. The molecular formula is C25H34N4O2. The van der Waals surface area contributed by atoms with Gasteiger partial charge in [-0.3, -0.25) is 4.79 Å². The lowest BCUT2D eigenvalue weighted by molar-refractivity contribution is 0.0939. The molecule has 166 valence electrons. The molecule has 0 aliphatic carbocycles. The van der Waals surface area contributed by atoms with Gasteiger partial charge in [-0.15, -0.1) is 0 Å². The maximum atomic E-state index is 13.2. The fourth-order valence-corrected chi connectivity index (χ4v) is 3.76. The van der Waals surface area contributed by atoms with E-state index in [1.54, 1.807) is 24.3 Å².